The maximum absolute atomic E-state index is 5.90. The standard InChI is InChI=1S/C16H22N2O2S/c1-3-7-20-15-10-12(4-5-14(15)19-2)9-13(11-17)16-18-6-8-21-16/h4-6,8,10,13H,3,7,9,11,17H2,1-2H3. The van der Waals surface area contributed by atoms with Crippen LogP contribution in [0.2, 0.25) is 0 Å². The Bertz CT molecular complexity index is 543. The lowest BCUT2D eigenvalue weighted by Crippen LogP contribution is -2.15. The van der Waals surface area contributed by atoms with E-state index in [1.54, 1.807) is 18.4 Å². The van der Waals surface area contributed by atoms with Crippen molar-refractivity contribution in [1.82, 2.24) is 4.98 Å². The summed E-state index contributed by atoms with van der Waals surface area (Å²) in [5, 5.41) is 3.08. The maximum atomic E-state index is 5.90. The van der Waals surface area contributed by atoms with Gasteiger partial charge in [0, 0.05) is 24.0 Å². The van der Waals surface area contributed by atoms with E-state index in [9.17, 15) is 0 Å². The average Bonchev–Trinajstić information content (AvgIpc) is 3.04. The zero-order valence-electron chi connectivity index (χ0n) is 12.5. The fourth-order valence-electron chi connectivity index (χ4n) is 2.16. The Balaban J connectivity index is 2.15. The van der Waals surface area contributed by atoms with Crippen molar-refractivity contribution >= 4 is 11.3 Å². The summed E-state index contributed by atoms with van der Waals surface area (Å²) in [5.74, 6) is 1.81. The van der Waals surface area contributed by atoms with Crippen LogP contribution in [0.3, 0.4) is 0 Å². The number of benzene rings is 1. The van der Waals surface area contributed by atoms with Crippen LogP contribution < -0.4 is 15.2 Å². The smallest absolute Gasteiger partial charge is 0.161 e. The Hall–Kier alpha value is -1.59. The van der Waals surface area contributed by atoms with Crippen LogP contribution in [0.25, 0.3) is 0 Å². The zero-order chi connectivity index (χ0) is 15.1. The summed E-state index contributed by atoms with van der Waals surface area (Å²) < 4.78 is 11.1. The van der Waals surface area contributed by atoms with Crippen molar-refractivity contribution in [3.63, 3.8) is 0 Å². The Morgan fingerprint density at radius 2 is 2.19 bits per heavy atom. The number of nitrogens with zero attached hydrogens (tertiary/aromatic N) is 1. The lowest BCUT2D eigenvalue weighted by molar-refractivity contribution is 0.294. The molecule has 114 valence electrons. The molecule has 4 nitrogen and oxygen atoms in total. The molecule has 0 aliphatic heterocycles. The van der Waals surface area contributed by atoms with Crippen LogP contribution in [0, 0.1) is 0 Å². The molecule has 2 rings (SSSR count). The van der Waals surface area contributed by atoms with Crippen molar-refractivity contribution in [2.24, 2.45) is 5.73 Å². The van der Waals surface area contributed by atoms with Crippen LogP contribution in [0.15, 0.2) is 29.8 Å². The molecule has 0 fully saturated rings. The molecular weight excluding hydrogens is 284 g/mol. The molecule has 0 radical (unpaired) electrons. The van der Waals surface area contributed by atoms with E-state index in [-0.39, 0.29) is 5.92 Å². The predicted molar refractivity (Wildman–Crippen MR) is 86.4 cm³/mol. The average molecular weight is 306 g/mol. The maximum Gasteiger partial charge on any atom is 0.161 e. The highest BCUT2D eigenvalue weighted by Gasteiger charge is 2.15. The van der Waals surface area contributed by atoms with Crippen molar-refractivity contribution in [3.05, 3.63) is 40.3 Å². The van der Waals surface area contributed by atoms with E-state index < -0.39 is 0 Å². The fraction of sp³-hybridized carbons (Fsp3) is 0.438. The number of hydrogen-bond donors (Lipinski definition) is 1. The normalized spacial score (nSPS) is 12.1. The van der Waals surface area contributed by atoms with Gasteiger partial charge in [-0.3, -0.25) is 0 Å². The van der Waals surface area contributed by atoms with E-state index in [0.29, 0.717) is 13.2 Å². The second kappa shape index (κ2) is 8.00. The molecule has 2 aromatic rings. The van der Waals surface area contributed by atoms with Gasteiger partial charge in [0.15, 0.2) is 11.5 Å². The summed E-state index contributed by atoms with van der Waals surface area (Å²) in [6, 6.07) is 6.06. The number of aromatic nitrogens is 1. The van der Waals surface area contributed by atoms with Gasteiger partial charge in [-0.25, -0.2) is 4.98 Å². The highest BCUT2D eigenvalue weighted by Crippen LogP contribution is 2.30. The Morgan fingerprint density at radius 3 is 2.81 bits per heavy atom. The molecule has 1 unspecified atom stereocenters. The minimum atomic E-state index is 0.248. The van der Waals surface area contributed by atoms with Crippen LogP contribution in [-0.2, 0) is 6.42 Å². The molecule has 5 heteroatoms. The number of nitrogens with two attached hydrogens (primary N) is 1. The highest BCUT2D eigenvalue weighted by atomic mass is 32.1. The van der Waals surface area contributed by atoms with Crippen molar-refractivity contribution in [2.75, 3.05) is 20.3 Å². The third-order valence-electron chi connectivity index (χ3n) is 3.26. The Morgan fingerprint density at radius 1 is 1.33 bits per heavy atom. The van der Waals surface area contributed by atoms with Crippen LogP contribution in [0.5, 0.6) is 11.5 Å². The van der Waals surface area contributed by atoms with Gasteiger partial charge in [0.1, 0.15) is 0 Å². The van der Waals surface area contributed by atoms with Crippen LogP contribution in [0.1, 0.15) is 29.8 Å². The largest absolute Gasteiger partial charge is 0.493 e. The summed E-state index contributed by atoms with van der Waals surface area (Å²) in [7, 11) is 1.66. The molecule has 1 atom stereocenters. The molecule has 0 aliphatic rings. The predicted octanol–water partition coefficient (Wildman–Crippen LogP) is 3.23. The van der Waals surface area contributed by atoms with E-state index in [1.807, 2.05) is 23.7 Å². The minimum Gasteiger partial charge on any atom is -0.493 e. The SMILES string of the molecule is CCCOc1cc(CC(CN)c2nccs2)ccc1OC. The van der Waals surface area contributed by atoms with Crippen molar-refractivity contribution in [2.45, 2.75) is 25.7 Å². The molecular formula is C16H22N2O2S. The van der Waals surface area contributed by atoms with Crippen molar-refractivity contribution in [3.8, 4) is 11.5 Å². The van der Waals surface area contributed by atoms with Gasteiger partial charge in [0.05, 0.1) is 18.7 Å². The first-order valence-electron chi connectivity index (χ1n) is 7.17. The quantitative estimate of drug-likeness (QED) is 0.813. The van der Waals surface area contributed by atoms with Gasteiger partial charge < -0.3 is 15.2 Å². The second-order valence-corrected chi connectivity index (χ2v) is 5.77. The number of ether oxygens (including phenoxy) is 2. The molecule has 2 N–H and O–H groups in total. The van der Waals surface area contributed by atoms with Crippen LogP contribution >= 0.6 is 11.3 Å². The number of hydrogen-bond acceptors (Lipinski definition) is 5. The van der Waals surface area contributed by atoms with Gasteiger partial charge >= 0.3 is 0 Å². The molecule has 21 heavy (non-hydrogen) atoms. The molecule has 0 bridgehead atoms. The fourth-order valence-corrected chi connectivity index (χ4v) is 2.92. The third kappa shape index (κ3) is 4.19. The molecule has 0 spiro atoms. The van der Waals surface area contributed by atoms with E-state index in [2.05, 4.69) is 18.0 Å². The first-order chi connectivity index (χ1) is 10.3. The van der Waals surface area contributed by atoms with Gasteiger partial charge in [-0.2, -0.15) is 0 Å². The van der Waals surface area contributed by atoms with E-state index >= 15 is 0 Å². The summed E-state index contributed by atoms with van der Waals surface area (Å²) >= 11 is 1.65. The van der Waals surface area contributed by atoms with Gasteiger partial charge in [-0.15, -0.1) is 11.3 Å². The highest BCUT2D eigenvalue weighted by molar-refractivity contribution is 7.09. The second-order valence-electron chi connectivity index (χ2n) is 4.84. The topological polar surface area (TPSA) is 57.4 Å². The molecule has 1 heterocycles. The van der Waals surface area contributed by atoms with Gasteiger partial charge in [-0.1, -0.05) is 13.0 Å². The summed E-state index contributed by atoms with van der Waals surface area (Å²) in [5.41, 5.74) is 7.08. The lowest BCUT2D eigenvalue weighted by atomic mass is 9.99. The zero-order valence-corrected chi connectivity index (χ0v) is 13.4. The minimum absolute atomic E-state index is 0.248. The summed E-state index contributed by atoms with van der Waals surface area (Å²) in [6.45, 7) is 3.36. The molecule has 1 aromatic heterocycles. The monoisotopic (exact) mass is 306 g/mol. The van der Waals surface area contributed by atoms with E-state index in [4.69, 9.17) is 15.2 Å². The summed E-state index contributed by atoms with van der Waals surface area (Å²) in [6.07, 6.45) is 3.65. The molecule has 0 saturated carbocycles. The molecule has 0 aliphatic carbocycles. The molecule has 0 amide bonds. The molecule has 1 aromatic carbocycles. The van der Waals surface area contributed by atoms with Crippen molar-refractivity contribution in [1.29, 1.82) is 0 Å². The first kappa shape index (κ1) is 15.8. The van der Waals surface area contributed by atoms with Crippen molar-refractivity contribution < 1.29 is 9.47 Å². The van der Waals surface area contributed by atoms with Gasteiger partial charge in [0.2, 0.25) is 0 Å². The third-order valence-corrected chi connectivity index (χ3v) is 4.20. The number of rotatable bonds is 8. The van der Waals surface area contributed by atoms with Crippen LogP contribution in [0.4, 0.5) is 0 Å². The number of methoxy groups -OCH3 is 1. The Kier molecular flexibility index (Phi) is 6.02. The van der Waals surface area contributed by atoms with E-state index in [0.717, 1.165) is 29.3 Å². The molecule has 0 saturated heterocycles. The first-order valence-corrected chi connectivity index (χ1v) is 8.05. The van der Waals surface area contributed by atoms with E-state index in [1.165, 1.54) is 5.56 Å². The lowest BCUT2D eigenvalue weighted by Gasteiger charge is -2.15. The summed E-state index contributed by atoms with van der Waals surface area (Å²) in [4.78, 5) is 4.37. The Labute approximate surface area is 129 Å². The van der Waals surface area contributed by atoms with Crippen LogP contribution in [-0.4, -0.2) is 25.2 Å². The van der Waals surface area contributed by atoms with Gasteiger partial charge in [-0.05, 0) is 30.5 Å². The number of thiazole rings is 1. The van der Waals surface area contributed by atoms with Gasteiger partial charge in [0.25, 0.3) is 0 Å².